The van der Waals surface area contributed by atoms with E-state index in [9.17, 15) is 4.39 Å². The quantitative estimate of drug-likeness (QED) is 0.898. The van der Waals surface area contributed by atoms with Crippen LogP contribution in [0, 0.1) is 5.92 Å². The van der Waals surface area contributed by atoms with Crippen molar-refractivity contribution < 1.29 is 4.39 Å². The third-order valence-corrected chi connectivity index (χ3v) is 3.99. The van der Waals surface area contributed by atoms with Crippen molar-refractivity contribution in [1.29, 1.82) is 0 Å². The van der Waals surface area contributed by atoms with Crippen LogP contribution in [0.1, 0.15) is 18.4 Å². The van der Waals surface area contributed by atoms with Gasteiger partial charge in [0.25, 0.3) is 0 Å². The lowest BCUT2D eigenvalue weighted by Gasteiger charge is -2.26. The molecule has 1 aromatic rings. The Labute approximate surface area is 105 Å². The van der Waals surface area contributed by atoms with E-state index < -0.39 is 6.17 Å². The van der Waals surface area contributed by atoms with E-state index in [0.717, 1.165) is 36.0 Å². The summed E-state index contributed by atoms with van der Waals surface area (Å²) in [6.45, 7) is 1.86. The van der Waals surface area contributed by atoms with Crippen molar-refractivity contribution >= 4 is 15.9 Å². The Balaban J connectivity index is 1.96. The molecule has 0 bridgehead atoms. The molecule has 2 rings (SSSR count). The first kappa shape index (κ1) is 12.1. The molecule has 1 heterocycles. The Morgan fingerprint density at radius 2 is 2.25 bits per heavy atom. The minimum atomic E-state index is -0.730. The Morgan fingerprint density at radius 3 is 2.94 bits per heavy atom. The molecule has 1 saturated heterocycles. The first-order valence-electron chi connectivity index (χ1n) is 5.85. The molecule has 0 amide bonds. The summed E-state index contributed by atoms with van der Waals surface area (Å²) in [4.78, 5) is 0. The van der Waals surface area contributed by atoms with E-state index in [2.05, 4.69) is 21.2 Å². The Hall–Kier alpha value is -0.410. The smallest absolute Gasteiger partial charge is 0.108 e. The fourth-order valence-corrected chi connectivity index (χ4v) is 2.67. The van der Waals surface area contributed by atoms with Crippen molar-refractivity contribution in [2.75, 3.05) is 13.1 Å². The molecule has 0 radical (unpaired) electrons. The van der Waals surface area contributed by atoms with Gasteiger partial charge < -0.3 is 5.32 Å². The summed E-state index contributed by atoms with van der Waals surface area (Å²) in [6.07, 6.45) is 1.90. The van der Waals surface area contributed by atoms with Crippen LogP contribution in [0.15, 0.2) is 28.7 Å². The molecule has 16 heavy (non-hydrogen) atoms. The molecule has 1 aromatic carbocycles. The van der Waals surface area contributed by atoms with Gasteiger partial charge in [-0.2, -0.15) is 0 Å². The molecular weight excluding hydrogens is 269 g/mol. The minimum Gasteiger partial charge on any atom is -0.316 e. The molecule has 2 atom stereocenters. The first-order chi connectivity index (χ1) is 7.77. The van der Waals surface area contributed by atoms with E-state index in [1.807, 2.05) is 24.3 Å². The van der Waals surface area contributed by atoms with Crippen LogP contribution in [0.4, 0.5) is 4.39 Å². The number of hydrogen-bond acceptors (Lipinski definition) is 1. The van der Waals surface area contributed by atoms with Crippen molar-refractivity contribution in [1.82, 2.24) is 5.32 Å². The van der Waals surface area contributed by atoms with Gasteiger partial charge in [-0.1, -0.05) is 34.1 Å². The van der Waals surface area contributed by atoms with Crippen molar-refractivity contribution in [2.45, 2.75) is 25.4 Å². The molecule has 1 aliphatic rings. The molecule has 2 unspecified atom stereocenters. The van der Waals surface area contributed by atoms with Gasteiger partial charge >= 0.3 is 0 Å². The number of piperidine rings is 1. The number of halogens is 2. The molecule has 1 nitrogen and oxygen atoms in total. The number of rotatable bonds is 3. The zero-order chi connectivity index (χ0) is 11.4. The second-order valence-electron chi connectivity index (χ2n) is 4.42. The molecule has 3 heteroatoms. The normalized spacial score (nSPS) is 23.0. The summed E-state index contributed by atoms with van der Waals surface area (Å²) in [5, 5.41) is 3.26. The molecule has 1 N–H and O–H groups in total. The molecule has 88 valence electrons. The van der Waals surface area contributed by atoms with Gasteiger partial charge in [-0.3, -0.25) is 0 Å². The molecule has 1 aliphatic heterocycles. The average Bonchev–Trinajstić information content (AvgIpc) is 2.33. The summed E-state index contributed by atoms with van der Waals surface area (Å²) in [5.41, 5.74) is 1.07. The summed E-state index contributed by atoms with van der Waals surface area (Å²) < 4.78 is 15.1. The van der Waals surface area contributed by atoms with Crippen LogP contribution in [-0.2, 0) is 6.42 Å². The van der Waals surface area contributed by atoms with Gasteiger partial charge in [0.05, 0.1) is 0 Å². The largest absolute Gasteiger partial charge is 0.316 e. The van der Waals surface area contributed by atoms with Gasteiger partial charge in [0.2, 0.25) is 0 Å². The number of hydrogen-bond donors (Lipinski definition) is 1. The first-order valence-corrected chi connectivity index (χ1v) is 6.65. The van der Waals surface area contributed by atoms with Gasteiger partial charge in [-0.25, -0.2) is 4.39 Å². The van der Waals surface area contributed by atoms with Crippen LogP contribution >= 0.6 is 15.9 Å². The molecule has 0 saturated carbocycles. The van der Waals surface area contributed by atoms with Gasteiger partial charge in [0.15, 0.2) is 0 Å². The highest BCUT2D eigenvalue weighted by Gasteiger charge is 2.23. The van der Waals surface area contributed by atoms with Gasteiger partial charge in [-0.15, -0.1) is 0 Å². The third kappa shape index (κ3) is 3.05. The lowest BCUT2D eigenvalue weighted by Crippen LogP contribution is -2.35. The predicted octanol–water partition coefficient (Wildman–Crippen LogP) is 3.33. The number of nitrogens with one attached hydrogen (secondary N) is 1. The number of alkyl halides is 1. The number of benzene rings is 1. The van der Waals surface area contributed by atoms with E-state index >= 15 is 0 Å². The molecule has 1 fully saturated rings. The van der Waals surface area contributed by atoms with Crippen LogP contribution in [0.5, 0.6) is 0 Å². The van der Waals surface area contributed by atoms with E-state index in [0.29, 0.717) is 6.42 Å². The Kier molecular flexibility index (Phi) is 4.36. The van der Waals surface area contributed by atoms with E-state index in [-0.39, 0.29) is 5.92 Å². The van der Waals surface area contributed by atoms with Crippen LogP contribution in [0.25, 0.3) is 0 Å². The van der Waals surface area contributed by atoms with Crippen LogP contribution in [0.3, 0.4) is 0 Å². The fraction of sp³-hybridized carbons (Fsp3) is 0.538. The maximum atomic E-state index is 14.1. The Morgan fingerprint density at radius 1 is 1.44 bits per heavy atom. The lowest BCUT2D eigenvalue weighted by atomic mass is 9.91. The molecular formula is C13H17BrFN. The monoisotopic (exact) mass is 285 g/mol. The molecule has 0 aliphatic carbocycles. The van der Waals surface area contributed by atoms with Crippen molar-refractivity contribution in [3.63, 3.8) is 0 Å². The zero-order valence-corrected chi connectivity index (χ0v) is 10.8. The van der Waals surface area contributed by atoms with E-state index in [1.54, 1.807) is 0 Å². The van der Waals surface area contributed by atoms with E-state index in [1.165, 1.54) is 0 Å². The molecule has 0 aromatic heterocycles. The lowest BCUT2D eigenvalue weighted by molar-refractivity contribution is 0.191. The summed E-state index contributed by atoms with van der Waals surface area (Å²) in [7, 11) is 0. The maximum Gasteiger partial charge on any atom is 0.108 e. The van der Waals surface area contributed by atoms with Crippen molar-refractivity contribution in [3.8, 4) is 0 Å². The molecule has 0 spiro atoms. The fourth-order valence-electron chi connectivity index (χ4n) is 2.23. The zero-order valence-electron chi connectivity index (χ0n) is 9.26. The van der Waals surface area contributed by atoms with Gasteiger partial charge in [0, 0.05) is 23.4 Å². The maximum absolute atomic E-state index is 14.1. The highest BCUT2D eigenvalue weighted by molar-refractivity contribution is 9.10. The van der Waals surface area contributed by atoms with Crippen LogP contribution in [0.2, 0.25) is 0 Å². The Bertz CT molecular complexity index is 336. The second-order valence-corrected chi connectivity index (χ2v) is 5.27. The SMILES string of the molecule is FC(Cc1ccccc1Br)C1CCCNC1. The summed E-state index contributed by atoms with van der Waals surface area (Å²) >= 11 is 3.47. The summed E-state index contributed by atoms with van der Waals surface area (Å²) in [6, 6.07) is 7.89. The van der Waals surface area contributed by atoms with Gasteiger partial charge in [-0.05, 0) is 31.0 Å². The van der Waals surface area contributed by atoms with E-state index in [4.69, 9.17) is 0 Å². The minimum absolute atomic E-state index is 0.181. The second kappa shape index (κ2) is 5.78. The van der Waals surface area contributed by atoms with Crippen LogP contribution in [-0.4, -0.2) is 19.3 Å². The third-order valence-electron chi connectivity index (χ3n) is 3.22. The standard InChI is InChI=1S/C13H17BrFN/c14-12-6-2-1-4-10(12)8-13(15)11-5-3-7-16-9-11/h1-2,4,6,11,13,16H,3,5,7-9H2. The highest BCUT2D eigenvalue weighted by Crippen LogP contribution is 2.24. The van der Waals surface area contributed by atoms with Crippen LogP contribution < -0.4 is 5.32 Å². The highest BCUT2D eigenvalue weighted by atomic mass is 79.9. The predicted molar refractivity (Wildman–Crippen MR) is 68.3 cm³/mol. The van der Waals surface area contributed by atoms with Gasteiger partial charge in [0.1, 0.15) is 6.17 Å². The average molecular weight is 286 g/mol. The van der Waals surface area contributed by atoms with Crippen molar-refractivity contribution in [3.05, 3.63) is 34.3 Å². The van der Waals surface area contributed by atoms with Crippen molar-refractivity contribution in [2.24, 2.45) is 5.92 Å². The summed E-state index contributed by atoms with van der Waals surface area (Å²) in [5.74, 6) is 0.181. The topological polar surface area (TPSA) is 12.0 Å².